The first-order valence-corrected chi connectivity index (χ1v) is 6.50. The monoisotopic (exact) mass is 273 g/mol. The van der Waals surface area contributed by atoms with Crippen molar-refractivity contribution in [2.75, 3.05) is 30.8 Å². The summed E-state index contributed by atoms with van der Waals surface area (Å²) in [4.78, 5) is 3.85. The third-order valence-corrected chi connectivity index (χ3v) is 2.96. The zero-order valence-electron chi connectivity index (χ0n) is 11.3. The lowest BCUT2D eigenvalue weighted by Gasteiger charge is -2.16. The van der Waals surface area contributed by atoms with E-state index in [0.717, 1.165) is 18.9 Å². The van der Waals surface area contributed by atoms with Crippen LogP contribution >= 0.6 is 0 Å². The summed E-state index contributed by atoms with van der Waals surface area (Å²) in [6.45, 7) is 2.67. The first-order valence-electron chi connectivity index (χ1n) is 6.50. The Labute approximate surface area is 112 Å². The van der Waals surface area contributed by atoms with Gasteiger partial charge in [0.15, 0.2) is 23.3 Å². The Hall–Kier alpha value is -1.43. The van der Waals surface area contributed by atoms with Crippen LogP contribution in [0.2, 0.25) is 0 Å². The highest BCUT2D eigenvalue weighted by Gasteiger charge is 2.13. The maximum absolute atomic E-state index is 13.5. The van der Waals surface area contributed by atoms with Crippen LogP contribution in [0.3, 0.4) is 0 Å². The molecule has 4 nitrogen and oxygen atoms in total. The van der Waals surface area contributed by atoms with Gasteiger partial charge in [-0.2, -0.15) is 0 Å². The number of rotatable bonds is 8. The smallest absolute Gasteiger partial charge is 0.168 e. The van der Waals surface area contributed by atoms with Gasteiger partial charge >= 0.3 is 0 Å². The molecule has 0 aliphatic carbocycles. The lowest BCUT2D eigenvalue weighted by atomic mass is 10.0. The van der Waals surface area contributed by atoms with E-state index in [1.807, 2.05) is 0 Å². The Bertz CT molecular complexity index is 396. The van der Waals surface area contributed by atoms with E-state index in [2.05, 4.69) is 22.5 Å². The molecule has 1 unspecified atom stereocenters. The van der Waals surface area contributed by atoms with E-state index < -0.39 is 11.6 Å². The van der Waals surface area contributed by atoms with Crippen LogP contribution in [-0.2, 0) is 0 Å². The number of aliphatic hydroxyl groups is 1. The highest BCUT2D eigenvalue weighted by atomic mass is 19.1. The van der Waals surface area contributed by atoms with Crippen molar-refractivity contribution in [3.63, 3.8) is 0 Å². The number of halogens is 2. The molecule has 0 aliphatic rings. The summed E-state index contributed by atoms with van der Waals surface area (Å²) in [5, 5.41) is 14.4. The molecular formula is C13H21F2N3O. The third-order valence-electron chi connectivity index (χ3n) is 2.96. The van der Waals surface area contributed by atoms with Crippen molar-refractivity contribution in [3.05, 3.63) is 17.7 Å². The van der Waals surface area contributed by atoms with Gasteiger partial charge < -0.3 is 15.7 Å². The largest absolute Gasteiger partial charge is 0.396 e. The van der Waals surface area contributed by atoms with Gasteiger partial charge in [-0.25, -0.2) is 13.8 Å². The second kappa shape index (κ2) is 7.89. The molecule has 0 spiro atoms. The SMILES string of the molecule is CCCC(CCO)CNc1nc(NC)c(F)cc1F. The van der Waals surface area contributed by atoms with Gasteiger partial charge in [-0.1, -0.05) is 13.3 Å². The molecular weight excluding hydrogens is 252 g/mol. The number of nitrogens with zero attached hydrogens (tertiary/aromatic N) is 1. The van der Waals surface area contributed by atoms with E-state index in [1.54, 1.807) is 0 Å². The molecule has 1 aromatic heterocycles. The molecule has 3 N–H and O–H groups in total. The summed E-state index contributed by atoms with van der Waals surface area (Å²) >= 11 is 0. The molecule has 0 bridgehead atoms. The standard InChI is InChI=1S/C13H21F2N3O/c1-3-4-9(5-6-19)8-17-13-11(15)7-10(14)12(16-2)18-13/h7,9,19H,3-6,8H2,1-2H3,(H2,16,17,18). The van der Waals surface area contributed by atoms with Gasteiger partial charge in [0, 0.05) is 26.3 Å². The minimum atomic E-state index is -0.717. The fraction of sp³-hybridized carbons (Fsp3) is 0.615. The molecule has 1 heterocycles. The number of hydrogen-bond donors (Lipinski definition) is 3. The molecule has 0 saturated heterocycles. The minimum Gasteiger partial charge on any atom is -0.396 e. The van der Waals surface area contributed by atoms with Crippen LogP contribution in [0.1, 0.15) is 26.2 Å². The summed E-state index contributed by atoms with van der Waals surface area (Å²) in [5.41, 5.74) is 0. The minimum absolute atomic E-state index is 0.0121. The van der Waals surface area contributed by atoms with Gasteiger partial charge in [0.1, 0.15) is 0 Å². The molecule has 6 heteroatoms. The maximum atomic E-state index is 13.5. The fourth-order valence-electron chi connectivity index (χ4n) is 1.95. The maximum Gasteiger partial charge on any atom is 0.168 e. The van der Waals surface area contributed by atoms with Gasteiger partial charge in [-0.05, 0) is 18.8 Å². The molecule has 0 aliphatic heterocycles. The summed E-state index contributed by atoms with van der Waals surface area (Å²) in [6, 6.07) is 0.808. The van der Waals surface area contributed by atoms with Gasteiger partial charge in [-0.15, -0.1) is 0 Å². The van der Waals surface area contributed by atoms with E-state index in [4.69, 9.17) is 5.11 Å². The lowest BCUT2D eigenvalue weighted by molar-refractivity contribution is 0.255. The Morgan fingerprint density at radius 2 is 1.95 bits per heavy atom. The second-order valence-corrected chi connectivity index (χ2v) is 4.45. The van der Waals surface area contributed by atoms with Crippen LogP contribution in [0.4, 0.5) is 20.4 Å². The van der Waals surface area contributed by atoms with Crippen LogP contribution in [0.5, 0.6) is 0 Å². The van der Waals surface area contributed by atoms with Crippen molar-refractivity contribution in [1.29, 1.82) is 0 Å². The number of aliphatic hydroxyl groups excluding tert-OH is 1. The van der Waals surface area contributed by atoms with E-state index in [0.29, 0.717) is 13.0 Å². The third kappa shape index (κ3) is 4.63. The van der Waals surface area contributed by atoms with Crippen molar-refractivity contribution in [2.45, 2.75) is 26.2 Å². The number of pyridine rings is 1. The van der Waals surface area contributed by atoms with E-state index in [1.165, 1.54) is 7.05 Å². The molecule has 19 heavy (non-hydrogen) atoms. The summed E-state index contributed by atoms with van der Waals surface area (Å²) in [6.07, 6.45) is 2.59. The second-order valence-electron chi connectivity index (χ2n) is 4.45. The fourth-order valence-corrected chi connectivity index (χ4v) is 1.95. The van der Waals surface area contributed by atoms with E-state index in [9.17, 15) is 8.78 Å². The normalized spacial score (nSPS) is 12.3. The molecule has 0 radical (unpaired) electrons. The predicted molar refractivity (Wildman–Crippen MR) is 72.3 cm³/mol. The zero-order chi connectivity index (χ0) is 14.3. The quantitative estimate of drug-likeness (QED) is 0.681. The van der Waals surface area contributed by atoms with Crippen molar-refractivity contribution in [1.82, 2.24) is 4.98 Å². The van der Waals surface area contributed by atoms with Crippen LogP contribution in [0, 0.1) is 17.6 Å². The highest BCUT2D eigenvalue weighted by molar-refractivity contribution is 5.47. The Morgan fingerprint density at radius 1 is 1.26 bits per heavy atom. The zero-order valence-corrected chi connectivity index (χ0v) is 11.3. The number of hydrogen-bond acceptors (Lipinski definition) is 4. The summed E-state index contributed by atoms with van der Waals surface area (Å²) in [5.74, 6) is -1.14. The summed E-state index contributed by atoms with van der Waals surface area (Å²) < 4.78 is 26.8. The highest BCUT2D eigenvalue weighted by Crippen LogP contribution is 2.20. The first-order chi connectivity index (χ1) is 9.12. The summed E-state index contributed by atoms with van der Waals surface area (Å²) in [7, 11) is 1.53. The molecule has 1 atom stereocenters. The number of anilines is 2. The molecule has 1 aromatic rings. The Morgan fingerprint density at radius 3 is 2.53 bits per heavy atom. The average molecular weight is 273 g/mol. The van der Waals surface area contributed by atoms with Crippen molar-refractivity contribution in [2.24, 2.45) is 5.92 Å². The molecule has 1 rings (SSSR count). The molecule has 0 aromatic carbocycles. The molecule has 0 fully saturated rings. The van der Waals surface area contributed by atoms with Gasteiger partial charge in [0.2, 0.25) is 0 Å². The van der Waals surface area contributed by atoms with Gasteiger partial charge in [-0.3, -0.25) is 0 Å². The molecule has 0 saturated carbocycles. The Balaban J connectivity index is 2.70. The number of aromatic nitrogens is 1. The van der Waals surface area contributed by atoms with Gasteiger partial charge in [0.25, 0.3) is 0 Å². The molecule has 0 amide bonds. The van der Waals surface area contributed by atoms with Crippen molar-refractivity contribution >= 4 is 11.6 Å². The van der Waals surface area contributed by atoms with Crippen LogP contribution in [0.15, 0.2) is 6.07 Å². The van der Waals surface area contributed by atoms with Crippen LogP contribution in [0.25, 0.3) is 0 Å². The Kier molecular flexibility index (Phi) is 6.49. The van der Waals surface area contributed by atoms with Crippen LogP contribution < -0.4 is 10.6 Å². The van der Waals surface area contributed by atoms with E-state index in [-0.39, 0.29) is 24.2 Å². The predicted octanol–water partition coefficient (Wildman–Crippen LogP) is 2.61. The van der Waals surface area contributed by atoms with E-state index >= 15 is 0 Å². The van der Waals surface area contributed by atoms with Crippen LogP contribution in [-0.4, -0.2) is 30.3 Å². The number of nitrogens with one attached hydrogen (secondary N) is 2. The molecule has 108 valence electrons. The average Bonchev–Trinajstić information content (AvgIpc) is 2.38. The first kappa shape index (κ1) is 15.6. The van der Waals surface area contributed by atoms with Gasteiger partial charge in [0.05, 0.1) is 0 Å². The topological polar surface area (TPSA) is 57.2 Å². The van der Waals surface area contributed by atoms with Crippen molar-refractivity contribution < 1.29 is 13.9 Å². The van der Waals surface area contributed by atoms with Crippen molar-refractivity contribution in [3.8, 4) is 0 Å². The lowest BCUT2D eigenvalue weighted by Crippen LogP contribution is -2.17.